The zero-order valence-electron chi connectivity index (χ0n) is 15.5. The van der Waals surface area contributed by atoms with E-state index >= 15 is 0 Å². The highest BCUT2D eigenvalue weighted by Crippen LogP contribution is 2.08. The lowest BCUT2D eigenvalue weighted by Gasteiger charge is -1.98. The molecule has 0 aromatic carbocycles. The third kappa shape index (κ3) is 18.9. The number of unbranched alkanes of at least 4 members (excludes halogenated alkanes) is 10. The zero-order valence-corrected chi connectivity index (χ0v) is 15.5. The Morgan fingerprint density at radius 3 is 1.74 bits per heavy atom. The highest BCUT2D eigenvalue weighted by atomic mass is 16.5. The van der Waals surface area contributed by atoms with Gasteiger partial charge in [-0.3, -0.25) is 4.79 Å². The average Bonchev–Trinajstić information content (AvgIpc) is 2.57. The number of methoxy groups -OCH3 is 1. The van der Waals surface area contributed by atoms with Crippen molar-refractivity contribution in [2.45, 2.75) is 96.8 Å². The predicted molar refractivity (Wildman–Crippen MR) is 101 cm³/mol. The summed E-state index contributed by atoms with van der Waals surface area (Å²) in [5.41, 5.74) is 0. The van der Waals surface area contributed by atoms with Crippen LogP contribution in [0.4, 0.5) is 0 Å². The fraction of sp³-hybridized carbons (Fsp3) is 0.762. The van der Waals surface area contributed by atoms with Crippen LogP contribution < -0.4 is 0 Å². The van der Waals surface area contributed by atoms with Gasteiger partial charge in [-0.25, -0.2) is 0 Å². The molecule has 134 valence electrons. The molecule has 0 radical (unpaired) electrons. The van der Waals surface area contributed by atoms with Gasteiger partial charge in [0.1, 0.15) is 0 Å². The molecule has 0 saturated heterocycles. The van der Waals surface area contributed by atoms with Gasteiger partial charge < -0.3 is 4.74 Å². The van der Waals surface area contributed by atoms with Gasteiger partial charge in [0.15, 0.2) is 0 Å². The summed E-state index contributed by atoms with van der Waals surface area (Å²) in [7, 11) is 1.45. The summed E-state index contributed by atoms with van der Waals surface area (Å²) in [6.45, 7) is 2.27. The van der Waals surface area contributed by atoms with Crippen LogP contribution in [-0.4, -0.2) is 13.1 Å². The number of ether oxygens (including phenoxy) is 1. The van der Waals surface area contributed by atoms with Gasteiger partial charge in [0.05, 0.1) is 7.11 Å². The molecule has 23 heavy (non-hydrogen) atoms. The zero-order chi connectivity index (χ0) is 17.0. The van der Waals surface area contributed by atoms with Gasteiger partial charge in [-0.05, 0) is 51.4 Å². The van der Waals surface area contributed by atoms with Crippen molar-refractivity contribution in [1.82, 2.24) is 0 Å². The average molecular weight is 323 g/mol. The van der Waals surface area contributed by atoms with E-state index in [0.29, 0.717) is 6.42 Å². The van der Waals surface area contributed by atoms with Crippen LogP contribution in [0.15, 0.2) is 24.3 Å². The highest BCUT2D eigenvalue weighted by Gasteiger charge is 1.97. The molecule has 0 unspecified atom stereocenters. The molecule has 0 aliphatic heterocycles. The number of allylic oxidation sites excluding steroid dienone is 4. The Bertz CT molecular complexity index is 305. The highest BCUT2D eigenvalue weighted by molar-refractivity contribution is 5.68. The first kappa shape index (κ1) is 21.9. The summed E-state index contributed by atoms with van der Waals surface area (Å²) < 4.78 is 4.62. The second kappa shape index (κ2) is 19.0. The first-order chi connectivity index (χ1) is 11.3. The van der Waals surface area contributed by atoms with E-state index in [-0.39, 0.29) is 5.97 Å². The lowest BCUT2D eigenvalue weighted by molar-refractivity contribution is -0.140. The van der Waals surface area contributed by atoms with E-state index in [9.17, 15) is 4.79 Å². The van der Waals surface area contributed by atoms with Crippen molar-refractivity contribution in [3.63, 3.8) is 0 Å². The minimum atomic E-state index is -0.0956. The summed E-state index contributed by atoms with van der Waals surface area (Å²) in [5.74, 6) is -0.0956. The summed E-state index contributed by atoms with van der Waals surface area (Å²) in [6.07, 6.45) is 26.0. The molecule has 0 spiro atoms. The predicted octanol–water partition coefficient (Wildman–Crippen LogP) is 6.75. The van der Waals surface area contributed by atoms with E-state index in [1.807, 2.05) is 0 Å². The maximum Gasteiger partial charge on any atom is 0.305 e. The number of carbonyl (C=O) groups excluding carboxylic acids is 1. The molecule has 0 aromatic rings. The number of rotatable bonds is 16. The van der Waals surface area contributed by atoms with Crippen molar-refractivity contribution in [1.29, 1.82) is 0 Å². The topological polar surface area (TPSA) is 26.3 Å². The van der Waals surface area contributed by atoms with E-state index in [1.54, 1.807) is 0 Å². The molecule has 0 aliphatic carbocycles. The lowest BCUT2D eigenvalue weighted by Crippen LogP contribution is -1.98. The van der Waals surface area contributed by atoms with Crippen LogP contribution in [0.1, 0.15) is 96.8 Å². The van der Waals surface area contributed by atoms with Gasteiger partial charge in [0, 0.05) is 6.42 Å². The van der Waals surface area contributed by atoms with Crippen LogP contribution in [-0.2, 0) is 9.53 Å². The SMILES string of the molecule is CCCCCCCC/C=C/CCC/C=C/CCCCC(=O)OC. The van der Waals surface area contributed by atoms with E-state index in [1.165, 1.54) is 71.3 Å². The van der Waals surface area contributed by atoms with E-state index in [0.717, 1.165) is 19.3 Å². The number of carbonyl (C=O) groups is 1. The van der Waals surface area contributed by atoms with Crippen molar-refractivity contribution in [3.05, 3.63) is 24.3 Å². The Balaban J connectivity index is 3.20. The Kier molecular flexibility index (Phi) is 18.1. The third-order valence-corrected chi connectivity index (χ3v) is 4.03. The van der Waals surface area contributed by atoms with Crippen LogP contribution in [0.25, 0.3) is 0 Å². The summed E-state index contributed by atoms with van der Waals surface area (Å²) in [5, 5.41) is 0. The van der Waals surface area contributed by atoms with E-state index < -0.39 is 0 Å². The molecule has 0 fully saturated rings. The van der Waals surface area contributed by atoms with E-state index in [2.05, 4.69) is 36.0 Å². The van der Waals surface area contributed by atoms with Gasteiger partial charge in [-0.2, -0.15) is 0 Å². The molecule has 0 atom stereocenters. The summed E-state index contributed by atoms with van der Waals surface area (Å²) in [4.78, 5) is 10.9. The molecule has 0 rings (SSSR count). The van der Waals surface area contributed by atoms with Crippen LogP contribution in [0.5, 0.6) is 0 Å². The van der Waals surface area contributed by atoms with Crippen LogP contribution in [0.2, 0.25) is 0 Å². The molecular formula is C21H38O2. The molecule has 0 bridgehead atoms. The quantitative estimate of drug-likeness (QED) is 0.178. The molecule has 0 aliphatic rings. The molecule has 0 aromatic heterocycles. The van der Waals surface area contributed by atoms with Crippen LogP contribution >= 0.6 is 0 Å². The first-order valence-electron chi connectivity index (χ1n) is 9.68. The van der Waals surface area contributed by atoms with Crippen molar-refractivity contribution in [2.24, 2.45) is 0 Å². The normalized spacial score (nSPS) is 11.6. The van der Waals surface area contributed by atoms with Crippen molar-refractivity contribution in [2.75, 3.05) is 7.11 Å². The first-order valence-corrected chi connectivity index (χ1v) is 9.68. The van der Waals surface area contributed by atoms with Gasteiger partial charge in [-0.1, -0.05) is 63.3 Å². The molecule has 0 saturated carbocycles. The fourth-order valence-electron chi connectivity index (χ4n) is 2.50. The maximum absolute atomic E-state index is 10.9. The molecule has 0 N–H and O–H groups in total. The molecule has 2 nitrogen and oxygen atoms in total. The Labute approximate surface area is 144 Å². The molecule has 0 amide bonds. The number of esters is 1. The van der Waals surface area contributed by atoms with Gasteiger partial charge >= 0.3 is 5.97 Å². The van der Waals surface area contributed by atoms with Gasteiger partial charge in [-0.15, -0.1) is 0 Å². The van der Waals surface area contributed by atoms with E-state index in [4.69, 9.17) is 0 Å². The minimum absolute atomic E-state index is 0.0956. The Morgan fingerprint density at radius 1 is 0.696 bits per heavy atom. The lowest BCUT2D eigenvalue weighted by atomic mass is 10.1. The van der Waals surface area contributed by atoms with Gasteiger partial charge in [0.25, 0.3) is 0 Å². The van der Waals surface area contributed by atoms with Crippen molar-refractivity contribution in [3.8, 4) is 0 Å². The second-order valence-electron chi connectivity index (χ2n) is 6.25. The second-order valence-corrected chi connectivity index (χ2v) is 6.25. The van der Waals surface area contributed by atoms with Gasteiger partial charge in [0.2, 0.25) is 0 Å². The van der Waals surface area contributed by atoms with Crippen LogP contribution in [0, 0.1) is 0 Å². The van der Waals surface area contributed by atoms with Crippen molar-refractivity contribution >= 4 is 5.97 Å². The summed E-state index contributed by atoms with van der Waals surface area (Å²) >= 11 is 0. The maximum atomic E-state index is 10.9. The standard InChI is InChI=1S/C21H38O2/c1-3-4-5-6-7-8-9-10-11-12-13-14-15-16-17-18-19-20-21(22)23-2/h10-11,15-16H,3-9,12-14,17-20H2,1-2H3/b11-10+,16-15+. The smallest absolute Gasteiger partial charge is 0.305 e. The third-order valence-electron chi connectivity index (χ3n) is 4.03. The number of hydrogen-bond acceptors (Lipinski definition) is 2. The Morgan fingerprint density at radius 2 is 1.17 bits per heavy atom. The number of hydrogen-bond donors (Lipinski definition) is 0. The Hall–Kier alpha value is -1.05. The fourth-order valence-corrected chi connectivity index (χ4v) is 2.50. The molecular weight excluding hydrogens is 284 g/mol. The van der Waals surface area contributed by atoms with Crippen molar-refractivity contribution < 1.29 is 9.53 Å². The molecule has 0 heterocycles. The van der Waals surface area contributed by atoms with Crippen LogP contribution in [0.3, 0.4) is 0 Å². The monoisotopic (exact) mass is 322 g/mol. The minimum Gasteiger partial charge on any atom is -0.469 e. The largest absolute Gasteiger partial charge is 0.469 e. The molecule has 2 heteroatoms. The summed E-state index contributed by atoms with van der Waals surface area (Å²) in [6, 6.07) is 0.